The van der Waals surface area contributed by atoms with Crippen molar-refractivity contribution in [1.82, 2.24) is 4.98 Å². The molecule has 1 aliphatic carbocycles. The summed E-state index contributed by atoms with van der Waals surface area (Å²) in [5.74, 6) is -0.361. The summed E-state index contributed by atoms with van der Waals surface area (Å²) in [7, 11) is -3.77. The van der Waals surface area contributed by atoms with Crippen LogP contribution in [0.2, 0.25) is 0 Å². The molecule has 0 spiro atoms. The Morgan fingerprint density at radius 3 is 2.39 bits per heavy atom. The van der Waals surface area contributed by atoms with Gasteiger partial charge in [-0.25, -0.2) is 13.4 Å². The van der Waals surface area contributed by atoms with E-state index >= 15 is 0 Å². The van der Waals surface area contributed by atoms with Crippen molar-refractivity contribution in [3.05, 3.63) is 70.7 Å². The maximum atomic E-state index is 13.1. The van der Waals surface area contributed by atoms with Gasteiger partial charge in [0.05, 0.1) is 21.2 Å². The molecule has 1 aliphatic rings. The summed E-state index contributed by atoms with van der Waals surface area (Å²) in [6.07, 6.45) is 1.14. The first-order chi connectivity index (χ1) is 15.6. The second-order valence-electron chi connectivity index (χ2n) is 8.72. The quantitative estimate of drug-likeness (QED) is 0.545. The molecular weight excluding hydrogens is 458 g/mol. The molecule has 2 aromatic carbocycles. The third-order valence-electron chi connectivity index (χ3n) is 5.49. The Kier molecular flexibility index (Phi) is 6.11. The predicted molar refractivity (Wildman–Crippen MR) is 130 cm³/mol. The zero-order chi connectivity index (χ0) is 23.8. The number of Topliss-reactive ketones (excluding diaryl/α,β-unsaturated/α-hetero) is 1. The molecule has 0 fully saturated rings. The van der Waals surface area contributed by atoms with Gasteiger partial charge in [0.15, 0.2) is 10.9 Å². The van der Waals surface area contributed by atoms with Gasteiger partial charge in [-0.3, -0.25) is 19.2 Å². The van der Waals surface area contributed by atoms with Crippen molar-refractivity contribution in [2.24, 2.45) is 5.41 Å². The van der Waals surface area contributed by atoms with Crippen LogP contribution in [0.15, 0.2) is 59.5 Å². The zero-order valence-electron chi connectivity index (χ0n) is 18.7. The number of ketones is 1. The molecule has 0 saturated heterocycles. The minimum atomic E-state index is -3.77. The fourth-order valence-electron chi connectivity index (χ4n) is 3.93. The van der Waals surface area contributed by atoms with Gasteiger partial charge in [0.1, 0.15) is 0 Å². The third kappa shape index (κ3) is 4.69. The summed E-state index contributed by atoms with van der Waals surface area (Å²) in [6, 6.07) is 14.7. The Balaban J connectivity index is 1.52. The summed E-state index contributed by atoms with van der Waals surface area (Å²) in [6.45, 7) is 6.10. The number of fused-ring (bicyclic) bond motifs is 1. The molecule has 9 heteroatoms. The van der Waals surface area contributed by atoms with Crippen molar-refractivity contribution in [2.45, 2.75) is 38.5 Å². The molecule has 0 saturated carbocycles. The molecule has 0 radical (unpaired) electrons. The molecule has 0 unspecified atom stereocenters. The van der Waals surface area contributed by atoms with Crippen LogP contribution in [0.4, 0.5) is 10.8 Å². The summed E-state index contributed by atoms with van der Waals surface area (Å²) < 4.78 is 27.6. The largest absolute Gasteiger partial charge is 0.298 e. The Hall–Kier alpha value is -3.04. The van der Waals surface area contributed by atoms with Crippen LogP contribution < -0.4 is 9.62 Å². The fourth-order valence-corrected chi connectivity index (χ4v) is 6.32. The van der Waals surface area contributed by atoms with Crippen LogP contribution in [-0.2, 0) is 16.4 Å². The van der Waals surface area contributed by atoms with Gasteiger partial charge in [-0.15, -0.1) is 0 Å². The highest BCUT2D eigenvalue weighted by atomic mass is 32.2. The fraction of sp³-hybridized carbons (Fsp3) is 0.292. The monoisotopic (exact) mass is 483 g/mol. The van der Waals surface area contributed by atoms with Crippen molar-refractivity contribution in [3.63, 3.8) is 0 Å². The van der Waals surface area contributed by atoms with E-state index in [4.69, 9.17) is 0 Å². The van der Waals surface area contributed by atoms with Gasteiger partial charge in [-0.1, -0.05) is 43.4 Å². The van der Waals surface area contributed by atoms with Gasteiger partial charge in [0, 0.05) is 18.5 Å². The molecule has 0 aliphatic heterocycles. The van der Waals surface area contributed by atoms with E-state index in [-0.39, 0.29) is 22.6 Å². The van der Waals surface area contributed by atoms with Crippen molar-refractivity contribution in [1.29, 1.82) is 0 Å². The lowest BCUT2D eigenvalue weighted by atomic mass is 9.78. The first-order valence-electron chi connectivity index (χ1n) is 10.6. The van der Waals surface area contributed by atoms with Crippen molar-refractivity contribution < 1.29 is 18.0 Å². The lowest BCUT2D eigenvalue weighted by Crippen LogP contribution is -2.30. The minimum absolute atomic E-state index is 0.0488. The van der Waals surface area contributed by atoms with E-state index in [0.717, 1.165) is 5.69 Å². The number of rotatable bonds is 6. The van der Waals surface area contributed by atoms with Gasteiger partial charge in [-0.2, -0.15) is 0 Å². The zero-order valence-corrected chi connectivity index (χ0v) is 20.3. The molecule has 0 atom stereocenters. The number of carbonyl (C=O) groups excluding carboxylic acids is 2. The number of benzene rings is 2. The number of nitrogens with one attached hydrogen (secondary N) is 1. The second-order valence-corrected chi connectivity index (χ2v) is 11.6. The topological polar surface area (TPSA) is 96.4 Å². The molecule has 33 heavy (non-hydrogen) atoms. The molecule has 3 aromatic rings. The summed E-state index contributed by atoms with van der Waals surface area (Å²) in [5.41, 5.74) is 1.45. The Morgan fingerprint density at radius 2 is 1.76 bits per heavy atom. The Labute approximate surface area is 197 Å². The number of aromatic nitrogens is 1. The molecule has 7 nitrogen and oxygen atoms in total. The second kappa shape index (κ2) is 8.72. The normalized spacial score (nSPS) is 15.1. The number of anilines is 2. The molecule has 172 valence electrons. The van der Waals surface area contributed by atoms with Crippen LogP contribution >= 0.6 is 11.3 Å². The van der Waals surface area contributed by atoms with Gasteiger partial charge in [0.25, 0.3) is 15.9 Å². The highest BCUT2D eigenvalue weighted by Gasteiger charge is 2.34. The van der Waals surface area contributed by atoms with E-state index in [1.807, 2.05) is 19.9 Å². The highest BCUT2D eigenvalue weighted by molar-refractivity contribution is 7.92. The number of nitrogens with zero attached hydrogens (tertiary/aromatic N) is 2. The number of sulfonamides is 1. The summed E-state index contributed by atoms with van der Waals surface area (Å²) in [5, 5.41) is 3.11. The third-order valence-corrected chi connectivity index (χ3v) is 8.46. The summed E-state index contributed by atoms with van der Waals surface area (Å²) in [4.78, 5) is 30.3. The van der Waals surface area contributed by atoms with E-state index in [0.29, 0.717) is 34.1 Å². The van der Waals surface area contributed by atoms with Gasteiger partial charge in [-0.05, 0) is 55.2 Å². The predicted octanol–water partition coefficient (Wildman–Crippen LogP) is 4.77. The van der Waals surface area contributed by atoms with Crippen LogP contribution in [0, 0.1) is 5.41 Å². The number of amides is 1. The lowest BCUT2D eigenvalue weighted by Gasteiger charge is -2.26. The van der Waals surface area contributed by atoms with Crippen LogP contribution in [0.5, 0.6) is 0 Å². The van der Waals surface area contributed by atoms with Crippen molar-refractivity contribution in [2.75, 3.05) is 16.2 Å². The Morgan fingerprint density at radius 1 is 1.09 bits per heavy atom. The molecular formula is C24H25N3O4S2. The molecule has 1 amide bonds. The van der Waals surface area contributed by atoms with Crippen LogP contribution in [0.3, 0.4) is 0 Å². The minimum Gasteiger partial charge on any atom is -0.298 e. The standard InChI is InChI=1S/C24H25N3O4S2/c1-4-27(17-8-6-5-7-9-17)33(30,31)18-12-10-16(11-13-18)22(29)26-23-25-19-14-24(2,3)15-20(28)21(19)32-23/h5-13H,4,14-15H2,1-3H3,(H,25,26,29). The van der Waals surface area contributed by atoms with E-state index in [1.54, 1.807) is 31.2 Å². The molecule has 1 heterocycles. The van der Waals surface area contributed by atoms with Crippen LogP contribution in [0.1, 0.15) is 52.9 Å². The highest BCUT2D eigenvalue weighted by Crippen LogP contribution is 2.38. The van der Waals surface area contributed by atoms with E-state index in [9.17, 15) is 18.0 Å². The molecule has 4 rings (SSSR count). The number of para-hydroxylation sites is 1. The maximum absolute atomic E-state index is 13.1. The summed E-state index contributed by atoms with van der Waals surface area (Å²) >= 11 is 1.18. The Bertz CT molecular complexity index is 1300. The van der Waals surface area contributed by atoms with Gasteiger partial charge in [0.2, 0.25) is 0 Å². The molecule has 1 aromatic heterocycles. The average Bonchev–Trinajstić information content (AvgIpc) is 3.16. The SMILES string of the molecule is CCN(c1ccccc1)S(=O)(=O)c1ccc(C(=O)Nc2nc3c(s2)C(=O)CC(C)(C)C3)cc1. The van der Waals surface area contributed by atoms with E-state index in [1.165, 1.54) is 39.9 Å². The van der Waals surface area contributed by atoms with Crippen LogP contribution in [0.25, 0.3) is 0 Å². The maximum Gasteiger partial charge on any atom is 0.264 e. The number of hydrogen-bond donors (Lipinski definition) is 1. The average molecular weight is 484 g/mol. The van der Waals surface area contributed by atoms with Crippen molar-refractivity contribution in [3.8, 4) is 0 Å². The van der Waals surface area contributed by atoms with Crippen LogP contribution in [-0.4, -0.2) is 31.6 Å². The lowest BCUT2D eigenvalue weighted by molar-refractivity contribution is 0.0915. The first-order valence-corrected chi connectivity index (χ1v) is 12.9. The number of carbonyl (C=O) groups is 2. The van der Waals surface area contributed by atoms with E-state index < -0.39 is 15.9 Å². The molecule has 1 N–H and O–H groups in total. The van der Waals surface area contributed by atoms with Crippen molar-refractivity contribution >= 4 is 43.9 Å². The smallest absolute Gasteiger partial charge is 0.264 e. The van der Waals surface area contributed by atoms with Gasteiger partial charge < -0.3 is 0 Å². The van der Waals surface area contributed by atoms with Gasteiger partial charge >= 0.3 is 0 Å². The number of thiazole rings is 1. The molecule has 0 bridgehead atoms. The number of hydrogen-bond acceptors (Lipinski definition) is 6. The van der Waals surface area contributed by atoms with E-state index in [2.05, 4.69) is 10.3 Å². The first kappa shape index (κ1) is 23.1.